The van der Waals surface area contributed by atoms with Crippen molar-refractivity contribution in [3.8, 4) is 0 Å². The lowest BCUT2D eigenvalue weighted by Crippen LogP contribution is -2.18. The minimum atomic E-state index is -1.34. The van der Waals surface area contributed by atoms with Gasteiger partial charge < -0.3 is 0 Å². The molecule has 0 aromatic rings. The van der Waals surface area contributed by atoms with Gasteiger partial charge in [-0.25, -0.2) is 0 Å². The maximum absolute atomic E-state index is 6.24. The van der Waals surface area contributed by atoms with E-state index in [1.807, 2.05) is 0 Å². The van der Waals surface area contributed by atoms with Gasteiger partial charge in [-0.15, -0.1) is 23.0 Å². The number of thiol groups is 1. The molecule has 4 bridgehead atoms. The molecule has 7 unspecified atom stereocenters. The van der Waals surface area contributed by atoms with E-state index in [9.17, 15) is 0 Å². The maximum Gasteiger partial charge on any atom is 0.0709 e. The highest BCUT2D eigenvalue weighted by Gasteiger charge is 2.49. The van der Waals surface area contributed by atoms with Crippen LogP contribution in [0.2, 0.25) is 0 Å². The third-order valence-electron chi connectivity index (χ3n) is 6.18. The van der Waals surface area contributed by atoms with Gasteiger partial charge in [0.2, 0.25) is 0 Å². The van der Waals surface area contributed by atoms with Crippen molar-refractivity contribution in [3.05, 3.63) is 0 Å². The van der Waals surface area contributed by atoms with Gasteiger partial charge in [-0.05, 0) is 72.6 Å². The number of hydrogen-bond donors (Lipinski definition) is 1. The van der Waals surface area contributed by atoms with Gasteiger partial charge in [-0.2, -0.15) is 0 Å². The van der Waals surface area contributed by atoms with E-state index in [1.54, 1.807) is 10.4 Å². The molecule has 5 heteroatoms. The smallest absolute Gasteiger partial charge is 0.0709 e. The van der Waals surface area contributed by atoms with Crippen LogP contribution in [0.4, 0.5) is 0 Å². The summed E-state index contributed by atoms with van der Waals surface area (Å²) < 4.78 is -1.34. The van der Waals surface area contributed by atoms with Crippen LogP contribution >= 0.6 is 37.9 Å². The fourth-order valence-corrected chi connectivity index (χ4v) is 17.7. The summed E-state index contributed by atoms with van der Waals surface area (Å²) in [4.78, 5) is 0. The molecule has 4 saturated carbocycles. The summed E-state index contributed by atoms with van der Waals surface area (Å²) in [5, 5.41) is 0.906. The molecule has 0 aromatic carbocycles. The topological polar surface area (TPSA) is 0 Å². The molecule has 0 aromatic heterocycles. The Balaban J connectivity index is 1.49. The zero-order valence-electron chi connectivity index (χ0n) is 11.2. The Labute approximate surface area is 135 Å². The van der Waals surface area contributed by atoms with Crippen LogP contribution in [0, 0.1) is 23.7 Å². The van der Waals surface area contributed by atoms with Crippen LogP contribution in [0.1, 0.15) is 51.4 Å². The van der Waals surface area contributed by atoms with Crippen molar-refractivity contribution < 1.29 is 0 Å². The molecule has 4 fully saturated rings. The largest absolute Gasteiger partial charge is 0.109 e. The van der Waals surface area contributed by atoms with Crippen molar-refractivity contribution in [3.63, 3.8) is 0 Å². The first-order valence-corrected chi connectivity index (χ1v) is 14.6. The fraction of sp³-hybridized carbons (Fsp3) is 1.00. The second-order valence-corrected chi connectivity index (χ2v) is 19.8. The predicted molar refractivity (Wildman–Crippen MR) is 96.9 cm³/mol. The van der Waals surface area contributed by atoms with Crippen molar-refractivity contribution in [1.82, 2.24) is 0 Å². The molecule has 4 rings (SSSR count). The summed E-state index contributed by atoms with van der Waals surface area (Å²) in [6.45, 7) is 0. The quantitative estimate of drug-likeness (QED) is 0.376. The normalized spacial score (nSPS) is 50.8. The highest BCUT2D eigenvalue weighted by Crippen LogP contribution is 2.81. The highest BCUT2D eigenvalue weighted by molar-refractivity contribution is 9.16. The van der Waals surface area contributed by atoms with E-state index >= 15 is 0 Å². The minimum absolute atomic E-state index is 0.868. The molecular weight excluding hydrogens is 327 g/mol. The fourth-order valence-electron chi connectivity index (χ4n) is 5.26. The predicted octanol–water partition coefficient (Wildman–Crippen LogP) is 5.98. The molecule has 19 heavy (non-hydrogen) atoms. The van der Waals surface area contributed by atoms with Crippen LogP contribution < -0.4 is 0 Å². The summed E-state index contributed by atoms with van der Waals surface area (Å²) in [5.74, 6) is 4.06. The lowest BCUT2D eigenvalue weighted by Gasteiger charge is -2.35. The van der Waals surface area contributed by atoms with E-state index in [2.05, 4.69) is 23.0 Å². The second-order valence-electron chi connectivity index (χ2n) is 7.18. The van der Waals surface area contributed by atoms with Crippen LogP contribution in [0.3, 0.4) is 0 Å². The van der Waals surface area contributed by atoms with Crippen LogP contribution in [-0.4, -0.2) is 10.9 Å². The Morgan fingerprint density at radius 2 is 1.58 bits per heavy atom. The highest BCUT2D eigenvalue weighted by atomic mass is 33.5. The van der Waals surface area contributed by atoms with E-state index in [4.69, 9.17) is 11.8 Å². The molecule has 108 valence electrons. The van der Waals surface area contributed by atoms with Gasteiger partial charge in [-0.1, -0.05) is 24.6 Å². The molecule has 4 aliphatic carbocycles. The van der Waals surface area contributed by atoms with Crippen LogP contribution in [-0.2, 0) is 11.8 Å². The standard InChI is InChI=1S/C14H23PS4/c16-15(19-17,13-7-9-1-3-11(13)5-9)18-14-8-10-2-4-12(14)6-10/h9-14,17H,1-8H2. The summed E-state index contributed by atoms with van der Waals surface area (Å²) >= 11 is 13.2. The van der Waals surface area contributed by atoms with E-state index < -0.39 is 4.44 Å². The van der Waals surface area contributed by atoms with E-state index in [0.717, 1.165) is 34.6 Å². The molecule has 4 aliphatic rings. The molecule has 0 spiro atoms. The Hall–Kier alpha value is 1.70. The molecule has 0 radical (unpaired) electrons. The van der Waals surface area contributed by atoms with Gasteiger partial charge in [0.25, 0.3) is 0 Å². The van der Waals surface area contributed by atoms with Crippen molar-refractivity contribution >= 4 is 49.7 Å². The van der Waals surface area contributed by atoms with Gasteiger partial charge in [0.1, 0.15) is 0 Å². The zero-order valence-corrected chi connectivity index (χ0v) is 15.5. The Bertz CT molecular complexity index is 412. The molecule has 7 atom stereocenters. The zero-order chi connectivity index (χ0) is 13.0. The van der Waals surface area contributed by atoms with Crippen molar-refractivity contribution in [2.24, 2.45) is 23.7 Å². The third kappa shape index (κ3) is 2.50. The van der Waals surface area contributed by atoms with Gasteiger partial charge in [0.05, 0.1) is 4.44 Å². The Kier molecular flexibility index (Phi) is 4.07. The molecule has 0 nitrogen and oxygen atoms in total. The van der Waals surface area contributed by atoms with Crippen molar-refractivity contribution in [2.45, 2.75) is 62.3 Å². The first-order chi connectivity index (χ1) is 9.18. The number of rotatable bonds is 4. The summed E-state index contributed by atoms with van der Waals surface area (Å²) in [6, 6.07) is 0. The first kappa shape index (κ1) is 14.3. The van der Waals surface area contributed by atoms with Gasteiger partial charge in [0.15, 0.2) is 0 Å². The lowest BCUT2D eigenvalue weighted by molar-refractivity contribution is 0.488. The number of hydrogen-bond acceptors (Lipinski definition) is 4. The molecule has 0 heterocycles. The molecule has 0 N–H and O–H groups in total. The average Bonchev–Trinajstić information content (AvgIpc) is 3.18. The van der Waals surface area contributed by atoms with Crippen LogP contribution in [0.15, 0.2) is 0 Å². The molecular formula is C14H23PS4. The molecule has 0 aliphatic heterocycles. The Morgan fingerprint density at radius 1 is 0.895 bits per heavy atom. The third-order valence-corrected chi connectivity index (χ3v) is 21.0. The van der Waals surface area contributed by atoms with E-state index in [-0.39, 0.29) is 0 Å². The second kappa shape index (κ2) is 5.41. The monoisotopic (exact) mass is 350 g/mol. The first-order valence-electron chi connectivity index (χ1n) is 7.79. The Morgan fingerprint density at radius 3 is 2.05 bits per heavy atom. The van der Waals surface area contributed by atoms with Crippen molar-refractivity contribution in [2.75, 3.05) is 0 Å². The summed E-state index contributed by atoms with van der Waals surface area (Å²) in [5.41, 5.74) is 0.868. The minimum Gasteiger partial charge on any atom is -0.109 e. The molecule has 0 amide bonds. The maximum atomic E-state index is 6.24. The van der Waals surface area contributed by atoms with Crippen molar-refractivity contribution in [1.29, 1.82) is 0 Å². The average molecular weight is 351 g/mol. The van der Waals surface area contributed by atoms with Gasteiger partial charge >= 0.3 is 0 Å². The van der Waals surface area contributed by atoms with Gasteiger partial charge in [-0.3, -0.25) is 0 Å². The van der Waals surface area contributed by atoms with Gasteiger partial charge in [0, 0.05) is 10.9 Å². The lowest BCUT2D eigenvalue weighted by atomic mass is 10.0. The van der Waals surface area contributed by atoms with Crippen LogP contribution in [0.5, 0.6) is 0 Å². The van der Waals surface area contributed by atoms with Crippen LogP contribution in [0.25, 0.3) is 0 Å². The SMILES string of the molecule is S=P(SS)(SC1CC2CCC1C2)C1CC2CCC1C2. The summed E-state index contributed by atoms with van der Waals surface area (Å²) in [6.07, 6.45) is 11.9. The summed E-state index contributed by atoms with van der Waals surface area (Å²) in [7, 11) is 1.81. The van der Waals surface area contributed by atoms with E-state index in [0.29, 0.717) is 0 Å². The number of fused-ring (bicyclic) bond motifs is 4. The van der Waals surface area contributed by atoms with E-state index in [1.165, 1.54) is 51.4 Å². The molecule has 0 saturated heterocycles.